The van der Waals surface area contributed by atoms with Crippen LogP contribution in [0.15, 0.2) is 60.9 Å². The third kappa shape index (κ3) is 5.16. The third-order valence-electron chi connectivity index (χ3n) is 3.72. The van der Waals surface area contributed by atoms with Crippen molar-refractivity contribution in [3.8, 4) is 0 Å². The minimum Gasteiger partial charge on any atom is -0.370 e. The predicted octanol–water partition coefficient (Wildman–Crippen LogP) is 4.54. The van der Waals surface area contributed by atoms with Gasteiger partial charge in [0.05, 0.1) is 0 Å². The molecule has 0 saturated heterocycles. The summed E-state index contributed by atoms with van der Waals surface area (Å²) in [6.07, 6.45) is 2.34. The molecule has 128 valence electrons. The van der Waals surface area contributed by atoms with Crippen LogP contribution >= 0.6 is 11.6 Å². The summed E-state index contributed by atoms with van der Waals surface area (Å²) < 4.78 is 13.6. The number of hydrogen-bond donors (Lipinski definition) is 2. The van der Waals surface area contributed by atoms with E-state index in [0.29, 0.717) is 17.9 Å². The molecule has 1 heterocycles. The molecule has 0 bridgehead atoms. The quantitative estimate of drug-likeness (QED) is 0.652. The summed E-state index contributed by atoms with van der Waals surface area (Å²) in [5, 5.41) is 7.10. The van der Waals surface area contributed by atoms with E-state index in [4.69, 9.17) is 11.6 Å². The first kappa shape index (κ1) is 17.2. The minimum absolute atomic E-state index is 0.231. The highest BCUT2D eigenvalue weighted by Gasteiger charge is 2.02. The van der Waals surface area contributed by atoms with Crippen molar-refractivity contribution >= 4 is 23.2 Å². The standard InChI is InChI=1S/C19H18ClFN4/c20-16-7-5-14(6-8-16)9-10-22-18-11-19(25-13-24-18)23-12-15-3-1-2-4-17(15)21/h1-8,11,13H,9-10,12H2,(H2,22,23,24,25). The van der Waals surface area contributed by atoms with E-state index in [9.17, 15) is 4.39 Å². The Bertz CT molecular complexity index is 824. The number of anilines is 2. The topological polar surface area (TPSA) is 49.8 Å². The first-order valence-electron chi connectivity index (χ1n) is 7.98. The van der Waals surface area contributed by atoms with Crippen molar-refractivity contribution in [1.29, 1.82) is 0 Å². The van der Waals surface area contributed by atoms with Gasteiger partial charge in [0.25, 0.3) is 0 Å². The van der Waals surface area contributed by atoms with Crippen molar-refractivity contribution in [2.45, 2.75) is 13.0 Å². The molecule has 0 fully saturated rings. The zero-order valence-electron chi connectivity index (χ0n) is 13.5. The number of aromatic nitrogens is 2. The van der Waals surface area contributed by atoms with Crippen LogP contribution in [0.25, 0.3) is 0 Å². The van der Waals surface area contributed by atoms with Crippen LogP contribution in [0, 0.1) is 5.82 Å². The molecule has 1 aromatic heterocycles. The second-order valence-electron chi connectivity index (χ2n) is 5.54. The Balaban J connectivity index is 1.52. The van der Waals surface area contributed by atoms with Crippen LogP contribution < -0.4 is 10.6 Å². The normalized spacial score (nSPS) is 10.5. The summed E-state index contributed by atoms with van der Waals surface area (Å²) in [4.78, 5) is 8.36. The Morgan fingerprint density at radius 3 is 2.40 bits per heavy atom. The lowest BCUT2D eigenvalue weighted by atomic mass is 10.1. The zero-order chi connectivity index (χ0) is 17.5. The number of halogens is 2. The summed E-state index contributed by atoms with van der Waals surface area (Å²) in [7, 11) is 0. The molecular formula is C19H18ClFN4. The Morgan fingerprint density at radius 1 is 0.920 bits per heavy atom. The van der Waals surface area contributed by atoms with E-state index in [0.717, 1.165) is 23.8 Å². The molecule has 0 aliphatic heterocycles. The molecule has 0 aliphatic carbocycles. The van der Waals surface area contributed by atoms with Gasteiger partial charge >= 0.3 is 0 Å². The summed E-state index contributed by atoms with van der Waals surface area (Å²) in [5.74, 6) is 1.14. The first-order chi connectivity index (χ1) is 12.2. The van der Waals surface area contributed by atoms with E-state index in [1.165, 1.54) is 18.0 Å². The van der Waals surface area contributed by atoms with Gasteiger partial charge in [0.1, 0.15) is 23.8 Å². The number of nitrogens with zero attached hydrogens (tertiary/aromatic N) is 2. The van der Waals surface area contributed by atoms with Gasteiger partial charge < -0.3 is 10.6 Å². The van der Waals surface area contributed by atoms with Crippen LogP contribution in [-0.2, 0) is 13.0 Å². The number of nitrogens with one attached hydrogen (secondary N) is 2. The smallest absolute Gasteiger partial charge is 0.131 e. The van der Waals surface area contributed by atoms with Gasteiger partial charge in [0, 0.05) is 29.7 Å². The van der Waals surface area contributed by atoms with Crippen molar-refractivity contribution in [3.05, 3.63) is 82.9 Å². The van der Waals surface area contributed by atoms with E-state index >= 15 is 0 Å². The average Bonchev–Trinajstić information content (AvgIpc) is 2.63. The highest BCUT2D eigenvalue weighted by molar-refractivity contribution is 6.30. The summed E-state index contributed by atoms with van der Waals surface area (Å²) >= 11 is 5.88. The summed E-state index contributed by atoms with van der Waals surface area (Å²) in [5.41, 5.74) is 1.79. The fourth-order valence-electron chi connectivity index (χ4n) is 2.36. The molecule has 0 atom stereocenters. The molecule has 0 amide bonds. The summed E-state index contributed by atoms with van der Waals surface area (Å²) in [6.45, 7) is 1.11. The lowest BCUT2D eigenvalue weighted by molar-refractivity contribution is 0.613. The van der Waals surface area contributed by atoms with E-state index in [1.807, 2.05) is 36.4 Å². The molecule has 3 aromatic rings. The molecule has 0 aliphatic rings. The molecule has 0 radical (unpaired) electrons. The van der Waals surface area contributed by atoms with Gasteiger partial charge in [-0.3, -0.25) is 0 Å². The zero-order valence-corrected chi connectivity index (χ0v) is 14.3. The molecule has 4 nitrogen and oxygen atoms in total. The monoisotopic (exact) mass is 356 g/mol. The van der Waals surface area contributed by atoms with E-state index in [-0.39, 0.29) is 5.82 Å². The van der Waals surface area contributed by atoms with Gasteiger partial charge in [0.2, 0.25) is 0 Å². The van der Waals surface area contributed by atoms with E-state index in [2.05, 4.69) is 20.6 Å². The van der Waals surface area contributed by atoms with Crippen molar-refractivity contribution in [1.82, 2.24) is 9.97 Å². The lowest BCUT2D eigenvalue weighted by Gasteiger charge is -2.09. The van der Waals surface area contributed by atoms with Crippen molar-refractivity contribution < 1.29 is 4.39 Å². The molecular weight excluding hydrogens is 339 g/mol. The largest absolute Gasteiger partial charge is 0.370 e. The highest BCUT2D eigenvalue weighted by atomic mass is 35.5. The lowest BCUT2D eigenvalue weighted by Crippen LogP contribution is -2.08. The molecule has 3 rings (SSSR count). The van der Waals surface area contributed by atoms with Crippen LogP contribution in [-0.4, -0.2) is 16.5 Å². The van der Waals surface area contributed by atoms with Crippen LogP contribution in [0.2, 0.25) is 5.02 Å². The van der Waals surface area contributed by atoms with Gasteiger partial charge in [0.15, 0.2) is 0 Å². The third-order valence-corrected chi connectivity index (χ3v) is 3.97. The highest BCUT2D eigenvalue weighted by Crippen LogP contribution is 2.13. The molecule has 25 heavy (non-hydrogen) atoms. The molecule has 2 N–H and O–H groups in total. The number of rotatable bonds is 7. The van der Waals surface area contributed by atoms with Crippen molar-refractivity contribution in [3.63, 3.8) is 0 Å². The molecule has 0 spiro atoms. The van der Waals surface area contributed by atoms with Crippen LogP contribution in [0.3, 0.4) is 0 Å². The van der Waals surface area contributed by atoms with Crippen molar-refractivity contribution in [2.24, 2.45) is 0 Å². The maximum Gasteiger partial charge on any atom is 0.131 e. The number of hydrogen-bond acceptors (Lipinski definition) is 4. The van der Waals surface area contributed by atoms with Crippen LogP contribution in [0.5, 0.6) is 0 Å². The van der Waals surface area contributed by atoms with Gasteiger partial charge in [-0.1, -0.05) is 41.9 Å². The van der Waals surface area contributed by atoms with Crippen molar-refractivity contribution in [2.75, 3.05) is 17.2 Å². The maximum absolute atomic E-state index is 13.6. The number of benzene rings is 2. The second-order valence-corrected chi connectivity index (χ2v) is 5.97. The minimum atomic E-state index is -0.231. The Morgan fingerprint density at radius 2 is 1.64 bits per heavy atom. The Kier molecular flexibility index (Phi) is 5.80. The molecule has 2 aromatic carbocycles. The Hall–Kier alpha value is -2.66. The average molecular weight is 357 g/mol. The summed E-state index contributed by atoms with van der Waals surface area (Å²) in [6, 6.07) is 16.3. The molecule has 6 heteroatoms. The first-order valence-corrected chi connectivity index (χ1v) is 8.36. The fraction of sp³-hybridized carbons (Fsp3) is 0.158. The van der Waals surface area contributed by atoms with E-state index < -0.39 is 0 Å². The van der Waals surface area contributed by atoms with Gasteiger partial charge in [-0.05, 0) is 30.2 Å². The van der Waals surface area contributed by atoms with Gasteiger partial charge in [-0.2, -0.15) is 0 Å². The fourth-order valence-corrected chi connectivity index (χ4v) is 2.49. The maximum atomic E-state index is 13.6. The Labute approximate surface area is 151 Å². The van der Waals surface area contributed by atoms with Gasteiger partial charge in [-0.25, -0.2) is 14.4 Å². The van der Waals surface area contributed by atoms with E-state index in [1.54, 1.807) is 12.1 Å². The van der Waals surface area contributed by atoms with Gasteiger partial charge in [-0.15, -0.1) is 0 Å². The molecule has 0 saturated carbocycles. The second kappa shape index (κ2) is 8.44. The molecule has 0 unspecified atom stereocenters. The SMILES string of the molecule is Fc1ccccc1CNc1cc(NCCc2ccc(Cl)cc2)ncn1. The van der Waals surface area contributed by atoms with Crippen LogP contribution in [0.1, 0.15) is 11.1 Å². The predicted molar refractivity (Wildman–Crippen MR) is 99.4 cm³/mol. The van der Waals surface area contributed by atoms with Crippen LogP contribution in [0.4, 0.5) is 16.0 Å².